The quantitative estimate of drug-likeness (QED) is 0.769. The number of nitrogens with two attached hydrogens (primary N) is 1. The first-order valence-electron chi connectivity index (χ1n) is 4.77. The highest BCUT2D eigenvalue weighted by atomic mass is 16.5. The van der Waals surface area contributed by atoms with E-state index in [0.717, 1.165) is 16.9 Å². The number of ether oxygens (including phenoxy) is 1. The van der Waals surface area contributed by atoms with Crippen LogP contribution in [0.15, 0.2) is 18.2 Å². The van der Waals surface area contributed by atoms with Crippen LogP contribution in [-0.4, -0.2) is 13.0 Å². The van der Waals surface area contributed by atoms with Crippen LogP contribution in [0.3, 0.4) is 0 Å². The van der Waals surface area contributed by atoms with E-state index in [1.165, 1.54) is 6.92 Å². The molecular formula is C11H16N2O2. The summed E-state index contributed by atoms with van der Waals surface area (Å²) in [6.45, 7) is 2.43. The molecule has 0 aliphatic heterocycles. The van der Waals surface area contributed by atoms with Crippen molar-refractivity contribution in [2.75, 3.05) is 7.11 Å². The number of nitrogens with one attached hydrogen (secondary N) is 1. The number of amides is 1. The summed E-state index contributed by atoms with van der Waals surface area (Å²) < 4.78 is 5.18. The third-order valence-corrected chi connectivity index (χ3v) is 2.11. The first-order valence-corrected chi connectivity index (χ1v) is 4.77. The van der Waals surface area contributed by atoms with Gasteiger partial charge in [-0.3, -0.25) is 4.79 Å². The number of carbonyl (C=O) groups excluding carboxylic acids is 1. The number of benzene rings is 1. The zero-order chi connectivity index (χ0) is 11.3. The van der Waals surface area contributed by atoms with Gasteiger partial charge in [0.2, 0.25) is 5.91 Å². The minimum Gasteiger partial charge on any atom is -0.496 e. The summed E-state index contributed by atoms with van der Waals surface area (Å²) in [5, 5.41) is 2.73. The Hall–Kier alpha value is -1.55. The van der Waals surface area contributed by atoms with Gasteiger partial charge in [-0.05, 0) is 17.7 Å². The van der Waals surface area contributed by atoms with Crippen molar-refractivity contribution in [1.82, 2.24) is 5.32 Å². The lowest BCUT2D eigenvalue weighted by Crippen LogP contribution is -2.19. The van der Waals surface area contributed by atoms with Crippen LogP contribution in [0, 0.1) is 0 Å². The molecule has 0 spiro atoms. The average Bonchev–Trinajstić information content (AvgIpc) is 2.25. The number of hydrogen-bond donors (Lipinski definition) is 2. The SMILES string of the molecule is COc1ccc(CN)cc1CNC(C)=O. The summed E-state index contributed by atoms with van der Waals surface area (Å²) >= 11 is 0. The maximum Gasteiger partial charge on any atom is 0.217 e. The van der Waals surface area contributed by atoms with E-state index in [2.05, 4.69) is 5.32 Å². The van der Waals surface area contributed by atoms with Crippen LogP contribution in [0.2, 0.25) is 0 Å². The topological polar surface area (TPSA) is 64.3 Å². The van der Waals surface area contributed by atoms with E-state index in [1.54, 1.807) is 7.11 Å². The van der Waals surface area contributed by atoms with Crippen molar-refractivity contribution < 1.29 is 9.53 Å². The monoisotopic (exact) mass is 208 g/mol. The lowest BCUT2D eigenvalue weighted by Gasteiger charge is -2.10. The van der Waals surface area contributed by atoms with E-state index in [4.69, 9.17) is 10.5 Å². The number of carbonyl (C=O) groups is 1. The molecule has 0 aliphatic carbocycles. The molecule has 4 nitrogen and oxygen atoms in total. The molecule has 0 radical (unpaired) electrons. The van der Waals surface area contributed by atoms with Crippen molar-refractivity contribution in [1.29, 1.82) is 0 Å². The summed E-state index contributed by atoms with van der Waals surface area (Å²) in [6, 6.07) is 5.71. The third kappa shape index (κ3) is 3.25. The van der Waals surface area contributed by atoms with E-state index in [0.29, 0.717) is 13.1 Å². The molecule has 0 aliphatic rings. The van der Waals surface area contributed by atoms with Gasteiger partial charge in [0.05, 0.1) is 7.11 Å². The molecule has 15 heavy (non-hydrogen) atoms. The van der Waals surface area contributed by atoms with Gasteiger partial charge in [-0.25, -0.2) is 0 Å². The summed E-state index contributed by atoms with van der Waals surface area (Å²) in [4.78, 5) is 10.8. The van der Waals surface area contributed by atoms with Crippen molar-refractivity contribution >= 4 is 5.91 Å². The highest BCUT2D eigenvalue weighted by Gasteiger charge is 2.04. The Morgan fingerprint density at radius 1 is 1.53 bits per heavy atom. The minimum atomic E-state index is -0.0600. The fourth-order valence-electron chi connectivity index (χ4n) is 1.32. The van der Waals surface area contributed by atoms with Crippen LogP contribution in [0.1, 0.15) is 18.1 Å². The van der Waals surface area contributed by atoms with Crippen LogP contribution in [0.5, 0.6) is 5.75 Å². The molecule has 0 saturated heterocycles. The predicted molar refractivity (Wildman–Crippen MR) is 58.4 cm³/mol. The smallest absolute Gasteiger partial charge is 0.217 e. The summed E-state index contributed by atoms with van der Waals surface area (Å²) in [6.07, 6.45) is 0. The second-order valence-electron chi connectivity index (χ2n) is 3.26. The van der Waals surface area contributed by atoms with E-state index in [1.807, 2.05) is 18.2 Å². The van der Waals surface area contributed by atoms with Gasteiger partial charge < -0.3 is 15.8 Å². The highest BCUT2D eigenvalue weighted by Crippen LogP contribution is 2.19. The van der Waals surface area contributed by atoms with Gasteiger partial charge in [-0.2, -0.15) is 0 Å². The first kappa shape index (κ1) is 11.5. The molecule has 0 heterocycles. The second-order valence-corrected chi connectivity index (χ2v) is 3.26. The Balaban J connectivity index is 2.85. The first-order chi connectivity index (χ1) is 7.17. The Labute approximate surface area is 89.4 Å². The zero-order valence-corrected chi connectivity index (χ0v) is 9.04. The van der Waals surface area contributed by atoms with Crippen LogP contribution in [-0.2, 0) is 17.9 Å². The van der Waals surface area contributed by atoms with Gasteiger partial charge in [-0.15, -0.1) is 0 Å². The molecule has 3 N–H and O–H groups in total. The summed E-state index contributed by atoms with van der Waals surface area (Å²) in [5.41, 5.74) is 7.50. The molecule has 1 amide bonds. The molecule has 1 aromatic carbocycles. The molecule has 4 heteroatoms. The fraction of sp³-hybridized carbons (Fsp3) is 0.364. The van der Waals surface area contributed by atoms with Crippen molar-refractivity contribution in [3.8, 4) is 5.75 Å². The Kier molecular flexibility index (Phi) is 4.12. The standard InChI is InChI=1S/C11H16N2O2/c1-8(14)13-7-10-5-9(6-12)3-4-11(10)15-2/h3-5H,6-7,12H2,1-2H3,(H,13,14). The molecule has 0 saturated carbocycles. The van der Waals surface area contributed by atoms with E-state index < -0.39 is 0 Å². The molecule has 0 bridgehead atoms. The predicted octanol–water partition coefficient (Wildman–Crippen LogP) is 0.790. The van der Waals surface area contributed by atoms with Gasteiger partial charge in [0.1, 0.15) is 5.75 Å². The highest BCUT2D eigenvalue weighted by molar-refractivity contribution is 5.72. The maximum absolute atomic E-state index is 10.8. The lowest BCUT2D eigenvalue weighted by molar-refractivity contribution is -0.119. The lowest BCUT2D eigenvalue weighted by atomic mass is 10.1. The van der Waals surface area contributed by atoms with Gasteiger partial charge in [0, 0.05) is 25.6 Å². The van der Waals surface area contributed by atoms with Crippen LogP contribution >= 0.6 is 0 Å². The van der Waals surface area contributed by atoms with Crippen LogP contribution in [0.4, 0.5) is 0 Å². The number of hydrogen-bond acceptors (Lipinski definition) is 3. The van der Waals surface area contributed by atoms with Crippen molar-refractivity contribution in [2.45, 2.75) is 20.0 Å². The van der Waals surface area contributed by atoms with Crippen LogP contribution < -0.4 is 15.8 Å². The van der Waals surface area contributed by atoms with E-state index in [9.17, 15) is 4.79 Å². The molecule has 1 aromatic rings. The normalized spacial score (nSPS) is 9.80. The average molecular weight is 208 g/mol. The largest absolute Gasteiger partial charge is 0.496 e. The Morgan fingerprint density at radius 3 is 2.80 bits per heavy atom. The number of rotatable bonds is 4. The minimum absolute atomic E-state index is 0.0600. The maximum atomic E-state index is 10.8. The van der Waals surface area contributed by atoms with Crippen molar-refractivity contribution in [3.05, 3.63) is 29.3 Å². The Bertz CT molecular complexity index is 350. The van der Waals surface area contributed by atoms with Gasteiger partial charge in [0.15, 0.2) is 0 Å². The second kappa shape index (κ2) is 5.36. The fourth-order valence-corrected chi connectivity index (χ4v) is 1.32. The molecule has 1 rings (SSSR count). The summed E-state index contributed by atoms with van der Waals surface area (Å²) in [7, 11) is 1.61. The van der Waals surface area contributed by atoms with Crippen molar-refractivity contribution in [2.24, 2.45) is 5.73 Å². The van der Waals surface area contributed by atoms with E-state index in [-0.39, 0.29) is 5.91 Å². The molecule has 0 fully saturated rings. The molecular weight excluding hydrogens is 192 g/mol. The molecule has 0 atom stereocenters. The zero-order valence-electron chi connectivity index (χ0n) is 9.04. The van der Waals surface area contributed by atoms with Crippen molar-refractivity contribution in [3.63, 3.8) is 0 Å². The molecule has 82 valence electrons. The third-order valence-electron chi connectivity index (χ3n) is 2.11. The van der Waals surface area contributed by atoms with Gasteiger partial charge >= 0.3 is 0 Å². The molecule has 0 unspecified atom stereocenters. The summed E-state index contributed by atoms with van der Waals surface area (Å²) in [5.74, 6) is 0.705. The Morgan fingerprint density at radius 2 is 2.27 bits per heavy atom. The molecule has 0 aromatic heterocycles. The van der Waals surface area contributed by atoms with Gasteiger partial charge in [-0.1, -0.05) is 6.07 Å². The number of methoxy groups -OCH3 is 1. The van der Waals surface area contributed by atoms with Crippen LogP contribution in [0.25, 0.3) is 0 Å². The van der Waals surface area contributed by atoms with Gasteiger partial charge in [0.25, 0.3) is 0 Å². The van der Waals surface area contributed by atoms with E-state index >= 15 is 0 Å².